The second-order valence-corrected chi connectivity index (χ2v) is 5.48. The molecule has 22 heavy (non-hydrogen) atoms. The van der Waals surface area contributed by atoms with Crippen LogP contribution in [0.4, 0.5) is 8.78 Å². The van der Waals surface area contributed by atoms with Gasteiger partial charge in [-0.1, -0.05) is 13.8 Å². The Bertz CT molecular complexity index is 822. The van der Waals surface area contributed by atoms with E-state index >= 15 is 0 Å². The second kappa shape index (κ2) is 5.40. The number of fused-ring (bicyclic) bond motifs is 1. The number of hydrogen-bond acceptors (Lipinski definition) is 3. The average molecular weight is 306 g/mol. The molecule has 3 aromatic rings. The predicted octanol–water partition coefficient (Wildman–Crippen LogP) is 3.37. The summed E-state index contributed by atoms with van der Waals surface area (Å²) in [4.78, 5) is 7.33. The summed E-state index contributed by atoms with van der Waals surface area (Å²) >= 11 is 0. The molecule has 3 rings (SSSR count). The van der Waals surface area contributed by atoms with Gasteiger partial charge in [-0.2, -0.15) is 5.10 Å². The first-order chi connectivity index (χ1) is 10.5. The molecule has 0 aliphatic rings. The maximum absolute atomic E-state index is 14.1. The topological polar surface area (TPSA) is 55.7 Å². The maximum Gasteiger partial charge on any atom is 0.176 e. The number of nitrogens with zero attached hydrogens (tertiary/aromatic N) is 3. The van der Waals surface area contributed by atoms with E-state index in [1.54, 1.807) is 10.9 Å². The highest BCUT2D eigenvalue weighted by molar-refractivity contribution is 5.78. The van der Waals surface area contributed by atoms with E-state index in [1.165, 1.54) is 13.2 Å². The van der Waals surface area contributed by atoms with Crippen molar-refractivity contribution >= 4 is 11.2 Å². The Morgan fingerprint density at radius 3 is 2.77 bits per heavy atom. The minimum absolute atomic E-state index is 0.0187. The number of ether oxygens (including phenoxy) is 1. The van der Waals surface area contributed by atoms with Gasteiger partial charge in [0.1, 0.15) is 17.1 Å². The van der Waals surface area contributed by atoms with Gasteiger partial charge in [-0.25, -0.2) is 18.4 Å². The molecular formula is C15H16F2N4O. The zero-order valence-electron chi connectivity index (χ0n) is 12.5. The third-order valence-electron chi connectivity index (χ3n) is 3.33. The van der Waals surface area contributed by atoms with E-state index in [-0.39, 0.29) is 17.1 Å². The van der Waals surface area contributed by atoms with Crippen LogP contribution < -0.4 is 4.74 Å². The number of halogens is 2. The highest BCUT2D eigenvalue weighted by Crippen LogP contribution is 2.33. The van der Waals surface area contributed by atoms with E-state index in [2.05, 4.69) is 28.9 Å². The van der Waals surface area contributed by atoms with Gasteiger partial charge in [-0.15, -0.1) is 0 Å². The lowest BCUT2D eigenvalue weighted by molar-refractivity contribution is 0.408. The van der Waals surface area contributed by atoms with Gasteiger partial charge in [-0.05, 0) is 18.1 Å². The molecule has 0 bridgehead atoms. The number of nitrogens with one attached hydrogen (secondary N) is 1. The molecule has 7 heteroatoms. The van der Waals surface area contributed by atoms with Crippen LogP contribution >= 0.6 is 0 Å². The molecule has 2 aromatic heterocycles. The summed E-state index contributed by atoms with van der Waals surface area (Å²) in [6.45, 7) is 4.82. The van der Waals surface area contributed by atoms with Crippen molar-refractivity contribution in [2.75, 3.05) is 7.11 Å². The van der Waals surface area contributed by atoms with Crippen molar-refractivity contribution in [3.8, 4) is 17.1 Å². The van der Waals surface area contributed by atoms with Crippen LogP contribution in [0.15, 0.2) is 18.3 Å². The summed E-state index contributed by atoms with van der Waals surface area (Å²) in [6, 6.07) is 2.40. The van der Waals surface area contributed by atoms with Crippen LogP contribution in [-0.4, -0.2) is 26.9 Å². The second-order valence-electron chi connectivity index (χ2n) is 5.48. The molecule has 0 saturated heterocycles. The highest BCUT2D eigenvalue weighted by atomic mass is 19.2. The Morgan fingerprint density at radius 1 is 1.32 bits per heavy atom. The minimum Gasteiger partial charge on any atom is -0.496 e. The van der Waals surface area contributed by atoms with Gasteiger partial charge in [-0.3, -0.25) is 0 Å². The van der Waals surface area contributed by atoms with Gasteiger partial charge in [0.15, 0.2) is 17.3 Å². The number of H-pyrrole nitrogens is 1. The first-order valence-corrected chi connectivity index (χ1v) is 6.95. The van der Waals surface area contributed by atoms with Crippen LogP contribution in [0.25, 0.3) is 22.6 Å². The summed E-state index contributed by atoms with van der Waals surface area (Å²) in [5, 5.41) is 4.24. The van der Waals surface area contributed by atoms with Gasteiger partial charge >= 0.3 is 0 Å². The normalized spacial score (nSPS) is 11.5. The predicted molar refractivity (Wildman–Crippen MR) is 78.6 cm³/mol. The third kappa shape index (κ3) is 2.32. The number of hydrogen-bond donors (Lipinski definition) is 1. The van der Waals surface area contributed by atoms with Crippen molar-refractivity contribution in [1.29, 1.82) is 0 Å². The first kappa shape index (κ1) is 14.5. The molecule has 0 amide bonds. The van der Waals surface area contributed by atoms with Gasteiger partial charge in [0.2, 0.25) is 0 Å². The summed E-state index contributed by atoms with van der Waals surface area (Å²) in [7, 11) is 1.40. The molecular weight excluding hydrogens is 290 g/mol. The highest BCUT2D eigenvalue weighted by Gasteiger charge is 2.20. The Hall–Kier alpha value is -2.44. The average Bonchev–Trinajstić information content (AvgIpc) is 3.03. The van der Waals surface area contributed by atoms with Gasteiger partial charge < -0.3 is 9.72 Å². The van der Waals surface area contributed by atoms with Crippen LogP contribution in [0, 0.1) is 17.6 Å². The summed E-state index contributed by atoms with van der Waals surface area (Å²) in [6.07, 6.45) is 1.62. The van der Waals surface area contributed by atoms with Crippen molar-refractivity contribution in [1.82, 2.24) is 19.7 Å². The summed E-state index contributed by atoms with van der Waals surface area (Å²) in [5.41, 5.74) is 1.26. The van der Waals surface area contributed by atoms with Crippen molar-refractivity contribution in [2.24, 2.45) is 5.92 Å². The standard InChI is InChI=1S/C15H16F2N4O/c1-8(2)7-21-15-10(6-18-21)19-14(20-15)12-11(22-3)5-4-9(16)13(12)17/h4-6,8H,7H2,1-3H3,(H,19,20). The molecule has 2 heterocycles. The van der Waals surface area contributed by atoms with E-state index in [4.69, 9.17) is 4.74 Å². The summed E-state index contributed by atoms with van der Waals surface area (Å²) < 4.78 is 34.5. The van der Waals surface area contributed by atoms with E-state index in [0.29, 0.717) is 23.6 Å². The SMILES string of the molecule is COc1ccc(F)c(F)c1-c1nc2c(cnn2CC(C)C)[nH]1. The van der Waals surface area contributed by atoms with Crippen LogP contribution in [0.5, 0.6) is 5.75 Å². The fraction of sp³-hybridized carbons (Fsp3) is 0.333. The molecule has 0 unspecified atom stereocenters. The Labute approximate surface area is 125 Å². The third-order valence-corrected chi connectivity index (χ3v) is 3.33. The fourth-order valence-electron chi connectivity index (χ4n) is 2.37. The van der Waals surface area contributed by atoms with Crippen LogP contribution in [0.3, 0.4) is 0 Å². The Morgan fingerprint density at radius 2 is 2.09 bits per heavy atom. The molecule has 1 aromatic carbocycles. The largest absolute Gasteiger partial charge is 0.496 e. The Balaban J connectivity index is 2.15. The molecule has 116 valence electrons. The minimum atomic E-state index is -0.987. The lowest BCUT2D eigenvalue weighted by Gasteiger charge is -2.08. The molecule has 0 spiro atoms. The number of benzene rings is 1. The number of aromatic amines is 1. The molecule has 0 radical (unpaired) electrons. The van der Waals surface area contributed by atoms with Gasteiger partial charge in [0, 0.05) is 6.54 Å². The van der Waals surface area contributed by atoms with Crippen molar-refractivity contribution in [3.05, 3.63) is 30.0 Å². The molecule has 0 aliphatic carbocycles. The fourth-order valence-corrected chi connectivity index (χ4v) is 2.37. The van der Waals surface area contributed by atoms with Gasteiger partial charge in [0.05, 0.1) is 18.9 Å². The Kier molecular flexibility index (Phi) is 3.56. The molecule has 1 N–H and O–H groups in total. The molecule has 0 aliphatic heterocycles. The summed E-state index contributed by atoms with van der Waals surface area (Å²) in [5.74, 6) is -1.10. The van der Waals surface area contributed by atoms with Crippen molar-refractivity contribution in [3.63, 3.8) is 0 Å². The molecule has 0 saturated carbocycles. The smallest absolute Gasteiger partial charge is 0.176 e. The number of methoxy groups -OCH3 is 1. The maximum atomic E-state index is 14.1. The van der Waals surface area contributed by atoms with E-state index < -0.39 is 11.6 Å². The van der Waals surface area contributed by atoms with Gasteiger partial charge in [0.25, 0.3) is 0 Å². The zero-order chi connectivity index (χ0) is 15.9. The van der Waals surface area contributed by atoms with Crippen LogP contribution in [0.1, 0.15) is 13.8 Å². The van der Waals surface area contributed by atoms with Crippen LogP contribution in [-0.2, 0) is 6.54 Å². The monoisotopic (exact) mass is 306 g/mol. The number of rotatable bonds is 4. The van der Waals surface area contributed by atoms with E-state index in [9.17, 15) is 8.78 Å². The quantitative estimate of drug-likeness (QED) is 0.804. The lowest BCUT2D eigenvalue weighted by Crippen LogP contribution is -2.06. The first-order valence-electron chi connectivity index (χ1n) is 6.95. The van der Waals surface area contributed by atoms with E-state index in [1.807, 2.05) is 0 Å². The number of imidazole rings is 1. The molecule has 0 atom stereocenters. The number of aromatic nitrogens is 4. The van der Waals surface area contributed by atoms with Crippen molar-refractivity contribution in [2.45, 2.75) is 20.4 Å². The zero-order valence-corrected chi connectivity index (χ0v) is 12.5. The lowest BCUT2D eigenvalue weighted by atomic mass is 10.1. The van der Waals surface area contributed by atoms with E-state index in [0.717, 1.165) is 6.07 Å². The van der Waals surface area contributed by atoms with Crippen LogP contribution in [0.2, 0.25) is 0 Å². The molecule has 5 nitrogen and oxygen atoms in total. The van der Waals surface area contributed by atoms with Crippen molar-refractivity contribution < 1.29 is 13.5 Å². The molecule has 0 fully saturated rings.